The Morgan fingerprint density at radius 2 is 2.00 bits per heavy atom. The van der Waals surface area contributed by atoms with Gasteiger partial charge in [-0.25, -0.2) is 0 Å². The van der Waals surface area contributed by atoms with Gasteiger partial charge in [0.1, 0.15) is 0 Å². The number of rotatable bonds is 3. The highest BCUT2D eigenvalue weighted by Gasteiger charge is 2.34. The molecule has 2 aliphatic rings. The van der Waals surface area contributed by atoms with Crippen LogP contribution in [-0.2, 0) is 11.3 Å². The standard InChI is InChI=1S/C16H19N3O/c17-11-13-2-1-3-14(10-13)12-18-6-8-19(9-7-18)16(20)15-4-5-15/h1-3,10,15H,4-9,12H2. The Labute approximate surface area is 119 Å². The predicted molar refractivity (Wildman–Crippen MR) is 75.7 cm³/mol. The van der Waals surface area contributed by atoms with Crippen LogP contribution < -0.4 is 0 Å². The van der Waals surface area contributed by atoms with Gasteiger partial charge in [-0.05, 0) is 30.5 Å². The molecule has 1 heterocycles. The number of benzene rings is 1. The van der Waals surface area contributed by atoms with Crippen molar-refractivity contribution in [1.82, 2.24) is 9.80 Å². The minimum atomic E-state index is 0.328. The number of nitrogens with zero attached hydrogens (tertiary/aromatic N) is 3. The molecular weight excluding hydrogens is 250 g/mol. The van der Waals surface area contributed by atoms with Crippen LogP contribution in [0.3, 0.4) is 0 Å². The van der Waals surface area contributed by atoms with E-state index in [4.69, 9.17) is 5.26 Å². The van der Waals surface area contributed by atoms with E-state index in [0.717, 1.165) is 45.6 Å². The fourth-order valence-corrected chi connectivity index (χ4v) is 2.71. The average molecular weight is 269 g/mol. The molecule has 20 heavy (non-hydrogen) atoms. The van der Waals surface area contributed by atoms with Crippen LogP contribution in [0.25, 0.3) is 0 Å². The molecule has 0 bridgehead atoms. The summed E-state index contributed by atoms with van der Waals surface area (Å²) in [6.45, 7) is 4.39. The maximum absolute atomic E-state index is 12.0. The monoisotopic (exact) mass is 269 g/mol. The number of amides is 1. The van der Waals surface area contributed by atoms with Gasteiger partial charge in [0.05, 0.1) is 11.6 Å². The van der Waals surface area contributed by atoms with Gasteiger partial charge in [0.2, 0.25) is 5.91 Å². The highest BCUT2D eigenvalue weighted by atomic mass is 16.2. The van der Waals surface area contributed by atoms with E-state index < -0.39 is 0 Å². The topological polar surface area (TPSA) is 47.3 Å². The van der Waals surface area contributed by atoms with Crippen LogP contribution in [-0.4, -0.2) is 41.9 Å². The zero-order valence-corrected chi connectivity index (χ0v) is 11.6. The largest absolute Gasteiger partial charge is 0.340 e. The van der Waals surface area contributed by atoms with Crippen LogP contribution >= 0.6 is 0 Å². The van der Waals surface area contributed by atoms with E-state index in [-0.39, 0.29) is 0 Å². The molecule has 0 spiro atoms. The van der Waals surface area contributed by atoms with Crippen LogP contribution in [0.4, 0.5) is 0 Å². The first-order valence-electron chi connectivity index (χ1n) is 7.26. The van der Waals surface area contributed by atoms with Crippen LogP contribution in [0.15, 0.2) is 24.3 Å². The second kappa shape index (κ2) is 5.64. The molecule has 0 radical (unpaired) electrons. The van der Waals surface area contributed by atoms with Crippen molar-refractivity contribution in [3.05, 3.63) is 35.4 Å². The molecule has 0 atom stereocenters. The van der Waals surface area contributed by atoms with Gasteiger partial charge in [-0.1, -0.05) is 12.1 Å². The molecule has 1 aliphatic carbocycles. The first-order valence-corrected chi connectivity index (χ1v) is 7.26. The zero-order valence-electron chi connectivity index (χ0n) is 11.6. The molecule has 0 aromatic heterocycles. The first-order chi connectivity index (χ1) is 9.76. The normalized spacial score (nSPS) is 19.6. The minimum absolute atomic E-state index is 0.328. The van der Waals surface area contributed by atoms with Crippen LogP contribution in [0.1, 0.15) is 24.0 Å². The number of carbonyl (C=O) groups excluding carboxylic acids is 1. The zero-order chi connectivity index (χ0) is 13.9. The van der Waals surface area contributed by atoms with Gasteiger partial charge >= 0.3 is 0 Å². The van der Waals surface area contributed by atoms with E-state index in [1.807, 2.05) is 23.1 Å². The van der Waals surface area contributed by atoms with Crippen molar-refractivity contribution < 1.29 is 4.79 Å². The number of carbonyl (C=O) groups is 1. The number of nitriles is 1. The Bertz CT molecular complexity index is 537. The van der Waals surface area contributed by atoms with E-state index in [0.29, 0.717) is 17.4 Å². The summed E-state index contributed by atoms with van der Waals surface area (Å²) in [5.41, 5.74) is 1.89. The van der Waals surface area contributed by atoms with Crippen LogP contribution in [0.2, 0.25) is 0 Å². The molecule has 0 unspecified atom stereocenters. The summed E-state index contributed by atoms with van der Waals surface area (Å²) in [6.07, 6.45) is 2.17. The Balaban J connectivity index is 1.53. The van der Waals surface area contributed by atoms with E-state index in [1.165, 1.54) is 5.56 Å². The fraction of sp³-hybridized carbons (Fsp3) is 0.500. The summed E-state index contributed by atoms with van der Waals surface area (Å²) in [7, 11) is 0. The van der Waals surface area contributed by atoms with Crippen molar-refractivity contribution in [2.75, 3.05) is 26.2 Å². The molecule has 1 aromatic rings. The highest BCUT2D eigenvalue weighted by Crippen LogP contribution is 2.31. The summed E-state index contributed by atoms with van der Waals surface area (Å²) >= 11 is 0. The lowest BCUT2D eigenvalue weighted by Gasteiger charge is -2.34. The van der Waals surface area contributed by atoms with E-state index in [1.54, 1.807) is 0 Å². The van der Waals surface area contributed by atoms with Gasteiger partial charge in [0.25, 0.3) is 0 Å². The maximum atomic E-state index is 12.0. The first kappa shape index (κ1) is 13.1. The third-order valence-corrected chi connectivity index (χ3v) is 4.07. The van der Waals surface area contributed by atoms with Gasteiger partial charge in [0, 0.05) is 38.6 Å². The Hall–Kier alpha value is -1.86. The van der Waals surface area contributed by atoms with Gasteiger partial charge in [-0.3, -0.25) is 9.69 Å². The molecule has 1 amide bonds. The Morgan fingerprint density at radius 3 is 2.65 bits per heavy atom. The molecule has 0 N–H and O–H groups in total. The Morgan fingerprint density at radius 1 is 1.25 bits per heavy atom. The van der Waals surface area contributed by atoms with Crippen molar-refractivity contribution in [2.24, 2.45) is 5.92 Å². The number of hydrogen-bond donors (Lipinski definition) is 0. The second-order valence-electron chi connectivity index (χ2n) is 5.69. The van der Waals surface area contributed by atoms with Crippen molar-refractivity contribution in [2.45, 2.75) is 19.4 Å². The van der Waals surface area contributed by atoms with E-state index in [9.17, 15) is 4.79 Å². The van der Waals surface area contributed by atoms with Gasteiger partial charge in [-0.2, -0.15) is 5.26 Å². The molecular formula is C16H19N3O. The third-order valence-electron chi connectivity index (χ3n) is 4.07. The molecule has 4 heteroatoms. The third kappa shape index (κ3) is 3.00. The van der Waals surface area contributed by atoms with E-state index >= 15 is 0 Å². The second-order valence-corrected chi connectivity index (χ2v) is 5.69. The lowest BCUT2D eigenvalue weighted by Crippen LogP contribution is -2.48. The van der Waals surface area contributed by atoms with Gasteiger partial charge < -0.3 is 4.90 Å². The summed E-state index contributed by atoms with van der Waals surface area (Å²) in [5, 5.41) is 8.91. The van der Waals surface area contributed by atoms with Crippen molar-refractivity contribution >= 4 is 5.91 Å². The summed E-state index contributed by atoms with van der Waals surface area (Å²) in [6, 6.07) is 9.94. The number of piperazine rings is 1. The summed E-state index contributed by atoms with van der Waals surface area (Å²) in [5.74, 6) is 0.685. The lowest BCUT2D eigenvalue weighted by molar-refractivity contribution is -0.134. The molecule has 2 fully saturated rings. The molecule has 104 valence electrons. The van der Waals surface area contributed by atoms with Crippen LogP contribution in [0, 0.1) is 17.2 Å². The summed E-state index contributed by atoms with van der Waals surface area (Å²) in [4.78, 5) is 16.3. The quantitative estimate of drug-likeness (QED) is 0.837. The highest BCUT2D eigenvalue weighted by molar-refractivity contribution is 5.81. The van der Waals surface area contributed by atoms with E-state index in [2.05, 4.69) is 17.0 Å². The molecule has 1 aromatic carbocycles. The van der Waals surface area contributed by atoms with Gasteiger partial charge in [0.15, 0.2) is 0 Å². The minimum Gasteiger partial charge on any atom is -0.340 e. The Kier molecular flexibility index (Phi) is 3.70. The lowest BCUT2D eigenvalue weighted by atomic mass is 10.1. The molecule has 3 rings (SSSR count). The SMILES string of the molecule is N#Cc1cccc(CN2CCN(C(=O)C3CC3)CC2)c1. The van der Waals surface area contributed by atoms with Crippen molar-refractivity contribution in [1.29, 1.82) is 5.26 Å². The molecule has 4 nitrogen and oxygen atoms in total. The molecule has 1 aliphatic heterocycles. The van der Waals surface area contributed by atoms with Crippen molar-refractivity contribution in [3.63, 3.8) is 0 Å². The predicted octanol–water partition coefficient (Wildman–Crippen LogP) is 1.61. The molecule has 1 saturated heterocycles. The smallest absolute Gasteiger partial charge is 0.225 e. The van der Waals surface area contributed by atoms with Crippen molar-refractivity contribution in [3.8, 4) is 6.07 Å². The number of hydrogen-bond acceptors (Lipinski definition) is 3. The van der Waals surface area contributed by atoms with Crippen LogP contribution in [0.5, 0.6) is 0 Å². The summed E-state index contributed by atoms with van der Waals surface area (Å²) < 4.78 is 0. The molecule has 1 saturated carbocycles. The fourth-order valence-electron chi connectivity index (χ4n) is 2.71. The van der Waals surface area contributed by atoms with Gasteiger partial charge in [-0.15, -0.1) is 0 Å². The maximum Gasteiger partial charge on any atom is 0.225 e. The average Bonchev–Trinajstić information content (AvgIpc) is 3.32.